The Hall–Kier alpha value is -1.89. The Labute approximate surface area is 172 Å². The first-order valence-corrected chi connectivity index (χ1v) is 11.2. The first-order valence-electron chi connectivity index (χ1n) is 9.40. The largest absolute Gasteiger partial charge is 0.342 e. The molecule has 0 spiro atoms. The highest BCUT2D eigenvalue weighted by Gasteiger charge is 2.27. The summed E-state index contributed by atoms with van der Waals surface area (Å²) in [6.45, 7) is 1.19. The molecule has 1 aliphatic heterocycles. The number of benzene rings is 2. The van der Waals surface area contributed by atoms with Crippen LogP contribution in [0.2, 0.25) is 5.02 Å². The standard InChI is InChI=1S/C21H25ClN2O3S/c1-23(28(26,27)20-9-7-19(22)8-10-20)16-21(25)24-13-11-18(12-14-24)15-17-5-3-2-4-6-17/h2-10,18H,11-16H2,1H3. The number of hydrogen-bond donors (Lipinski definition) is 0. The van der Waals surface area contributed by atoms with E-state index in [0.717, 1.165) is 23.6 Å². The quantitative estimate of drug-likeness (QED) is 0.719. The van der Waals surface area contributed by atoms with Crippen LogP contribution in [-0.2, 0) is 21.2 Å². The Morgan fingerprint density at radius 2 is 1.68 bits per heavy atom. The Kier molecular flexibility index (Phi) is 6.75. The first kappa shape index (κ1) is 20.8. The number of carbonyl (C=O) groups excluding carboxylic acids is 1. The zero-order valence-electron chi connectivity index (χ0n) is 15.9. The van der Waals surface area contributed by atoms with Gasteiger partial charge < -0.3 is 4.90 Å². The number of sulfonamides is 1. The number of piperidine rings is 1. The molecule has 0 saturated carbocycles. The lowest BCUT2D eigenvalue weighted by Gasteiger charge is -2.33. The van der Waals surface area contributed by atoms with Gasteiger partial charge in [0.15, 0.2) is 0 Å². The van der Waals surface area contributed by atoms with Gasteiger partial charge in [0.05, 0.1) is 11.4 Å². The van der Waals surface area contributed by atoms with Gasteiger partial charge in [0.2, 0.25) is 15.9 Å². The van der Waals surface area contributed by atoms with E-state index in [1.807, 2.05) is 18.2 Å². The maximum atomic E-state index is 12.6. The number of amides is 1. The maximum Gasteiger partial charge on any atom is 0.243 e. The van der Waals surface area contributed by atoms with E-state index < -0.39 is 10.0 Å². The summed E-state index contributed by atoms with van der Waals surface area (Å²) in [6, 6.07) is 16.3. The Morgan fingerprint density at radius 3 is 2.29 bits per heavy atom. The second kappa shape index (κ2) is 9.07. The maximum absolute atomic E-state index is 12.6. The summed E-state index contributed by atoms with van der Waals surface area (Å²) in [5.74, 6) is 0.403. The number of likely N-dealkylation sites (tertiary alicyclic amines) is 1. The van der Waals surface area contributed by atoms with Gasteiger partial charge in [-0.05, 0) is 55.0 Å². The van der Waals surface area contributed by atoms with Crippen molar-refractivity contribution < 1.29 is 13.2 Å². The zero-order valence-corrected chi connectivity index (χ0v) is 17.5. The van der Waals surface area contributed by atoms with Gasteiger partial charge in [0.25, 0.3) is 0 Å². The van der Waals surface area contributed by atoms with E-state index in [2.05, 4.69) is 12.1 Å². The molecule has 1 heterocycles. The van der Waals surface area contributed by atoms with Crippen LogP contribution in [0, 0.1) is 5.92 Å². The van der Waals surface area contributed by atoms with Crippen LogP contribution in [0.4, 0.5) is 0 Å². The van der Waals surface area contributed by atoms with Crippen LogP contribution in [0.15, 0.2) is 59.5 Å². The molecule has 1 aliphatic rings. The number of hydrogen-bond acceptors (Lipinski definition) is 3. The Morgan fingerprint density at radius 1 is 1.07 bits per heavy atom. The fourth-order valence-electron chi connectivity index (χ4n) is 3.50. The molecule has 150 valence electrons. The predicted octanol–water partition coefficient (Wildman–Crippen LogP) is 3.44. The summed E-state index contributed by atoms with van der Waals surface area (Å²) in [5, 5.41) is 0.469. The van der Waals surface area contributed by atoms with Crippen LogP contribution in [0.3, 0.4) is 0 Å². The van der Waals surface area contributed by atoms with E-state index in [-0.39, 0.29) is 17.3 Å². The molecule has 0 unspecified atom stereocenters. The van der Waals surface area contributed by atoms with Gasteiger partial charge in [0, 0.05) is 25.2 Å². The normalized spacial score (nSPS) is 15.8. The monoisotopic (exact) mass is 420 g/mol. The summed E-state index contributed by atoms with van der Waals surface area (Å²) in [4.78, 5) is 14.5. The molecule has 0 aliphatic carbocycles. The number of rotatable bonds is 6. The topological polar surface area (TPSA) is 57.7 Å². The van der Waals surface area contributed by atoms with E-state index in [4.69, 9.17) is 11.6 Å². The summed E-state index contributed by atoms with van der Waals surface area (Å²) >= 11 is 5.82. The first-order chi connectivity index (χ1) is 13.4. The molecule has 1 saturated heterocycles. The second-order valence-electron chi connectivity index (χ2n) is 7.23. The molecule has 3 rings (SSSR count). The van der Waals surface area contributed by atoms with Crippen LogP contribution in [0.1, 0.15) is 18.4 Å². The van der Waals surface area contributed by atoms with Crippen LogP contribution < -0.4 is 0 Å². The van der Waals surface area contributed by atoms with Crippen molar-refractivity contribution >= 4 is 27.5 Å². The minimum atomic E-state index is -3.71. The van der Waals surface area contributed by atoms with E-state index in [1.54, 1.807) is 4.90 Å². The zero-order chi connectivity index (χ0) is 20.1. The number of nitrogens with zero attached hydrogens (tertiary/aromatic N) is 2. The minimum Gasteiger partial charge on any atom is -0.342 e. The molecule has 1 amide bonds. The van der Waals surface area contributed by atoms with E-state index >= 15 is 0 Å². The smallest absolute Gasteiger partial charge is 0.243 e. The fraction of sp³-hybridized carbons (Fsp3) is 0.381. The highest BCUT2D eigenvalue weighted by molar-refractivity contribution is 7.89. The number of halogens is 1. The van der Waals surface area contributed by atoms with Crippen LogP contribution >= 0.6 is 11.6 Å². The van der Waals surface area contributed by atoms with Crippen molar-refractivity contribution in [3.8, 4) is 0 Å². The summed E-state index contributed by atoms with van der Waals surface area (Å²) in [7, 11) is -2.28. The van der Waals surface area contributed by atoms with Gasteiger partial charge in [-0.1, -0.05) is 41.9 Å². The van der Waals surface area contributed by atoms with E-state index in [1.165, 1.54) is 36.9 Å². The lowest BCUT2D eigenvalue weighted by Crippen LogP contribution is -2.44. The van der Waals surface area contributed by atoms with E-state index in [9.17, 15) is 13.2 Å². The third kappa shape index (κ3) is 5.13. The molecule has 0 N–H and O–H groups in total. The molecule has 7 heteroatoms. The average Bonchev–Trinajstić information content (AvgIpc) is 2.69. The van der Waals surface area contributed by atoms with Crippen molar-refractivity contribution in [2.45, 2.75) is 24.2 Å². The summed E-state index contributed by atoms with van der Waals surface area (Å²) < 4.78 is 26.4. The number of likely N-dealkylation sites (N-methyl/N-ethyl adjacent to an activating group) is 1. The Bertz CT molecular complexity index is 893. The molecular weight excluding hydrogens is 396 g/mol. The van der Waals surface area contributed by atoms with Crippen molar-refractivity contribution in [2.75, 3.05) is 26.7 Å². The van der Waals surface area contributed by atoms with Gasteiger partial charge in [-0.2, -0.15) is 4.31 Å². The molecule has 0 atom stereocenters. The number of carbonyl (C=O) groups is 1. The van der Waals surface area contributed by atoms with Gasteiger partial charge in [-0.3, -0.25) is 4.79 Å². The fourth-order valence-corrected chi connectivity index (χ4v) is 4.74. The molecule has 0 bridgehead atoms. The van der Waals surface area contributed by atoms with Gasteiger partial charge in [-0.25, -0.2) is 8.42 Å². The van der Waals surface area contributed by atoms with Gasteiger partial charge in [-0.15, -0.1) is 0 Å². The molecule has 1 fully saturated rings. The summed E-state index contributed by atoms with van der Waals surface area (Å²) in [5.41, 5.74) is 1.32. The molecule has 2 aromatic rings. The minimum absolute atomic E-state index is 0.133. The van der Waals surface area contributed by atoms with Crippen LogP contribution in [0.5, 0.6) is 0 Å². The lowest BCUT2D eigenvalue weighted by molar-refractivity contribution is -0.132. The van der Waals surface area contributed by atoms with Crippen molar-refractivity contribution in [3.05, 3.63) is 65.2 Å². The van der Waals surface area contributed by atoms with Crippen molar-refractivity contribution in [2.24, 2.45) is 5.92 Å². The van der Waals surface area contributed by atoms with Gasteiger partial charge >= 0.3 is 0 Å². The third-order valence-corrected chi connectivity index (χ3v) is 7.28. The van der Waals surface area contributed by atoms with Crippen LogP contribution in [0.25, 0.3) is 0 Å². The lowest BCUT2D eigenvalue weighted by atomic mass is 9.90. The molecular formula is C21H25ClN2O3S. The van der Waals surface area contributed by atoms with Crippen molar-refractivity contribution in [1.82, 2.24) is 9.21 Å². The second-order valence-corrected chi connectivity index (χ2v) is 9.71. The van der Waals surface area contributed by atoms with Crippen molar-refractivity contribution in [3.63, 3.8) is 0 Å². The molecule has 28 heavy (non-hydrogen) atoms. The molecule has 0 aromatic heterocycles. The molecule has 5 nitrogen and oxygen atoms in total. The van der Waals surface area contributed by atoms with E-state index in [0.29, 0.717) is 24.0 Å². The highest BCUT2D eigenvalue weighted by atomic mass is 35.5. The molecule has 0 radical (unpaired) electrons. The highest BCUT2D eigenvalue weighted by Crippen LogP contribution is 2.22. The Balaban J connectivity index is 1.53. The van der Waals surface area contributed by atoms with Crippen LogP contribution in [-0.4, -0.2) is 50.2 Å². The molecule has 2 aromatic carbocycles. The third-order valence-electron chi connectivity index (χ3n) is 5.21. The SMILES string of the molecule is CN(CC(=O)N1CCC(Cc2ccccc2)CC1)S(=O)(=O)c1ccc(Cl)cc1. The van der Waals surface area contributed by atoms with Gasteiger partial charge in [0.1, 0.15) is 0 Å². The summed E-state index contributed by atoms with van der Waals surface area (Å²) in [6.07, 6.45) is 2.90. The van der Waals surface area contributed by atoms with Crippen molar-refractivity contribution in [1.29, 1.82) is 0 Å². The average molecular weight is 421 g/mol. The predicted molar refractivity (Wildman–Crippen MR) is 111 cm³/mol.